The van der Waals surface area contributed by atoms with Gasteiger partial charge in [0.05, 0.1) is 18.6 Å². The lowest BCUT2D eigenvalue weighted by Crippen LogP contribution is -1.98. The number of hydrogen-bond donors (Lipinski definition) is 0. The first-order valence-corrected chi connectivity index (χ1v) is 9.46. The Morgan fingerprint density at radius 1 is 1.28 bits per heavy atom. The lowest BCUT2D eigenvalue weighted by molar-refractivity contribution is 0.357. The van der Waals surface area contributed by atoms with Gasteiger partial charge >= 0.3 is 0 Å². The summed E-state index contributed by atoms with van der Waals surface area (Å²) in [6.07, 6.45) is 3.93. The number of hydrogen-bond acceptors (Lipinski definition) is 6. The number of rotatable bonds is 6. The molecule has 0 unspecified atom stereocenters. The van der Waals surface area contributed by atoms with E-state index in [2.05, 4.69) is 39.7 Å². The molecule has 0 atom stereocenters. The second-order valence-electron chi connectivity index (χ2n) is 6.05. The number of benzene rings is 1. The van der Waals surface area contributed by atoms with Gasteiger partial charge in [0.2, 0.25) is 5.89 Å². The van der Waals surface area contributed by atoms with Gasteiger partial charge in [0.25, 0.3) is 5.22 Å². The van der Waals surface area contributed by atoms with Crippen LogP contribution in [0.1, 0.15) is 30.3 Å². The number of aryl methyl sites for hydroxylation is 1. The summed E-state index contributed by atoms with van der Waals surface area (Å²) in [5.41, 5.74) is 4.40. The average molecular weight is 356 g/mol. The Morgan fingerprint density at radius 2 is 2.20 bits per heavy atom. The summed E-state index contributed by atoms with van der Waals surface area (Å²) in [6, 6.07) is 6.00. The molecule has 25 heavy (non-hydrogen) atoms. The normalized spacial score (nSPS) is 13.0. The number of thioether (sulfide) groups is 1. The van der Waals surface area contributed by atoms with Gasteiger partial charge in [0.1, 0.15) is 5.75 Å². The Bertz CT molecular complexity index is 887. The van der Waals surface area contributed by atoms with Gasteiger partial charge < -0.3 is 13.7 Å². The van der Waals surface area contributed by atoms with Crippen LogP contribution in [0.5, 0.6) is 5.75 Å². The van der Waals surface area contributed by atoms with Gasteiger partial charge in [0.15, 0.2) is 0 Å². The van der Waals surface area contributed by atoms with E-state index < -0.39 is 0 Å². The molecule has 1 aromatic carbocycles. The quantitative estimate of drug-likeness (QED) is 0.625. The fraction of sp³-hybridized carbons (Fsp3) is 0.389. The molecule has 0 N–H and O–H groups in total. The third-order valence-corrected chi connectivity index (χ3v) is 5.17. The highest BCUT2D eigenvalue weighted by atomic mass is 32.2. The molecule has 0 amide bonds. The monoisotopic (exact) mass is 356 g/mol. The molecule has 6 nitrogen and oxygen atoms in total. The highest BCUT2D eigenvalue weighted by Gasteiger charge is 2.16. The predicted octanol–water partition coefficient (Wildman–Crippen LogP) is 3.88. The average Bonchev–Trinajstić information content (AvgIpc) is 3.34. The van der Waals surface area contributed by atoms with E-state index in [1.165, 1.54) is 23.0 Å². The van der Waals surface area contributed by atoms with Crippen LogP contribution in [-0.4, -0.2) is 26.4 Å². The SMILES string of the molecule is CCCn1cnc(CSc2nnc(-c3ccc4c(c3)CCO4)o2)c1C. The van der Waals surface area contributed by atoms with Gasteiger partial charge in [-0.1, -0.05) is 18.7 Å². The van der Waals surface area contributed by atoms with Gasteiger partial charge in [-0.2, -0.15) is 0 Å². The highest BCUT2D eigenvalue weighted by Crippen LogP contribution is 2.31. The van der Waals surface area contributed by atoms with Crippen LogP contribution in [0.4, 0.5) is 0 Å². The largest absolute Gasteiger partial charge is 0.493 e. The lowest BCUT2D eigenvalue weighted by atomic mass is 10.1. The van der Waals surface area contributed by atoms with Crippen molar-refractivity contribution in [3.63, 3.8) is 0 Å². The topological polar surface area (TPSA) is 66.0 Å². The third kappa shape index (κ3) is 3.28. The molecule has 2 aromatic heterocycles. The zero-order valence-corrected chi connectivity index (χ0v) is 15.2. The van der Waals surface area contributed by atoms with Gasteiger partial charge in [0, 0.05) is 30.0 Å². The summed E-state index contributed by atoms with van der Waals surface area (Å²) in [4.78, 5) is 4.49. The van der Waals surface area contributed by atoms with E-state index in [1.807, 2.05) is 18.5 Å². The Kier molecular flexibility index (Phi) is 4.48. The van der Waals surface area contributed by atoms with Crippen molar-refractivity contribution in [1.29, 1.82) is 0 Å². The summed E-state index contributed by atoms with van der Waals surface area (Å²) in [5, 5.41) is 8.90. The second kappa shape index (κ2) is 6.92. The Morgan fingerprint density at radius 3 is 3.08 bits per heavy atom. The fourth-order valence-corrected chi connectivity index (χ4v) is 3.71. The highest BCUT2D eigenvalue weighted by molar-refractivity contribution is 7.98. The first kappa shape index (κ1) is 16.2. The second-order valence-corrected chi connectivity index (χ2v) is 6.98. The predicted molar refractivity (Wildman–Crippen MR) is 95.7 cm³/mol. The Hall–Kier alpha value is -2.28. The van der Waals surface area contributed by atoms with E-state index in [-0.39, 0.29) is 0 Å². The first-order valence-electron chi connectivity index (χ1n) is 8.47. The maximum atomic E-state index is 5.81. The smallest absolute Gasteiger partial charge is 0.277 e. The van der Waals surface area contributed by atoms with Gasteiger partial charge in [-0.25, -0.2) is 4.98 Å². The van der Waals surface area contributed by atoms with Crippen LogP contribution in [0, 0.1) is 6.92 Å². The van der Waals surface area contributed by atoms with E-state index in [1.54, 1.807) is 0 Å². The summed E-state index contributed by atoms with van der Waals surface area (Å²) in [7, 11) is 0. The van der Waals surface area contributed by atoms with Crippen molar-refractivity contribution in [2.75, 3.05) is 6.61 Å². The Labute approximate surface area is 150 Å². The molecule has 0 saturated heterocycles. The van der Waals surface area contributed by atoms with Crippen LogP contribution in [0.25, 0.3) is 11.5 Å². The minimum Gasteiger partial charge on any atom is -0.493 e. The van der Waals surface area contributed by atoms with E-state index in [9.17, 15) is 0 Å². The van der Waals surface area contributed by atoms with Crippen LogP contribution >= 0.6 is 11.8 Å². The van der Waals surface area contributed by atoms with Crippen molar-refractivity contribution in [2.24, 2.45) is 0 Å². The fourth-order valence-electron chi connectivity index (χ4n) is 2.93. The minimum absolute atomic E-state index is 0.547. The van der Waals surface area contributed by atoms with Gasteiger partial charge in [-0.05, 0) is 37.1 Å². The van der Waals surface area contributed by atoms with Crippen molar-refractivity contribution in [2.45, 2.75) is 44.2 Å². The lowest BCUT2D eigenvalue weighted by Gasteiger charge is -2.02. The molecule has 3 aromatic rings. The van der Waals surface area contributed by atoms with Gasteiger partial charge in [-0.15, -0.1) is 10.2 Å². The molecule has 0 radical (unpaired) electrons. The Balaban J connectivity index is 1.45. The molecule has 0 bridgehead atoms. The van der Waals surface area contributed by atoms with Crippen LogP contribution in [0.3, 0.4) is 0 Å². The molecule has 4 rings (SSSR count). The molecule has 0 spiro atoms. The summed E-state index contributed by atoms with van der Waals surface area (Å²) >= 11 is 1.52. The first-order chi connectivity index (χ1) is 12.2. The molecule has 7 heteroatoms. The number of ether oxygens (including phenoxy) is 1. The third-order valence-electron chi connectivity index (χ3n) is 4.34. The van der Waals surface area contributed by atoms with E-state index in [4.69, 9.17) is 9.15 Å². The summed E-state index contributed by atoms with van der Waals surface area (Å²) < 4.78 is 13.5. The molecule has 0 aliphatic carbocycles. The van der Waals surface area contributed by atoms with Crippen LogP contribution in [0.15, 0.2) is 34.2 Å². The standard InChI is InChI=1S/C18H20N4O2S/c1-3-7-22-11-19-15(12(22)2)10-25-18-21-20-17(24-18)14-4-5-16-13(9-14)6-8-23-16/h4-5,9,11H,3,6-8,10H2,1-2H3. The van der Waals surface area contributed by atoms with Crippen molar-refractivity contribution in [1.82, 2.24) is 19.7 Å². The van der Waals surface area contributed by atoms with Crippen molar-refractivity contribution < 1.29 is 9.15 Å². The van der Waals surface area contributed by atoms with E-state index in [0.29, 0.717) is 11.1 Å². The molecule has 0 fully saturated rings. The molecule has 1 aliphatic rings. The molecule has 1 aliphatic heterocycles. The van der Waals surface area contributed by atoms with Crippen molar-refractivity contribution >= 4 is 11.8 Å². The van der Waals surface area contributed by atoms with Crippen LogP contribution < -0.4 is 4.74 Å². The number of fused-ring (bicyclic) bond motifs is 1. The number of nitrogens with zero attached hydrogens (tertiary/aromatic N) is 4. The van der Waals surface area contributed by atoms with Crippen LogP contribution in [-0.2, 0) is 18.7 Å². The maximum absolute atomic E-state index is 5.81. The minimum atomic E-state index is 0.547. The molecule has 3 heterocycles. The number of imidazole rings is 1. The van der Waals surface area contributed by atoms with Crippen molar-refractivity contribution in [3.8, 4) is 17.2 Å². The zero-order chi connectivity index (χ0) is 17.2. The summed E-state index contributed by atoms with van der Waals surface area (Å²) in [5.74, 6) is 2.23. The van der Waals surface area contributed by atoms with Crippen molar-refractivity contribution in [3.05, 3.63) is 41.5 Å². The molecule has 0 saturated carbocycles. The molecular formula is C18H20N4O2S. The molecule has 130 valence electrons. The summed E-state index contributed by atoms with van der Waals surface area (Å²) in [6.45, 7) is 6.01. The maximum Gasteiger partial charge on any atom is 0.277 e. The molecular weight excluding hydrogens is 336 g/mol. The van der Waals surface area contributed by atoms with E-state index in [0.717, 1.165) is 48.8 Å². The van der Waals surface area contributed by atoms with Crippen LogP contribution in [0.2, 0.25) is 0 Å². The number of aromatic nitrogens is 4. The van der Waals surface area contributed by atoms with E-state index >= 15 is 0 Å². The zero-order valence-electron chi connectivity index (χ0n) is 14.4. The van der Waals surface area contributed by atoms with Gasteiger partial charge in [-0.3, -0.25) is 0 Å².